The van der Waals surface area contributed by atoms with E-state index in [4.69, 9.17) is 4.74 Å². The predicted octanol–water partition coefficient (Wildman–Crippen LogP) is 4.35. The van der Waals surface area contributed by atoms with Gasteiger partial charge in [-0.1, -0.05) is 36.4 Å². The van der Waals surface area contributed by atoms with E-state index in [1.807, 2.05) is 29.6 Å². The molecule has 0 saturated heterocycles. The van der Waals surface area contributed by atoms with Crippen LogP contribution in [0.3, 0.4) is 0 Å². The van der Waals surface area contributed by atoms with Crippen molar-refractivity contribution in [2.24, 2.45) is 0 Å². The van der Waals surface area contributed by atoms with Crippen molar-refractivity contribution in [1.82, 2.24) is 4.98 Å². The molecule has 3 aromatic rings. The Labute approximate surface area is 178 Å². The molecule has 1 aromatic heterocycles. The number of nitro groups is 1. The highest BCUT2D eigenvalue weighted by atomic mass is 32.1. The Bertz CT molecular complexity index is 1000. The Hall–Kier alpha value is -3.30. The first-order valence-corrected chi connectivity index (χ1v) is 10.3. The number of thiazole rings is 1. The van der Waals surface area contributed by atoms with E-state index in [2.05, 4.69) is 15.6 Å². The average molecular weight is 426 g/mol. The third-order valence-electron chi connectivity index (χ3n) is 4.36. The van der Waals surface area contributed by atoms with E-state index in [-0.39, 0.29) is 24.6 Å². The molecular weight excluding hydrogens is 404 g/mol. The number of nitrogens with one attached hydrogen (secondary N) is 2. The first kappa shape index (κ1) is 21.4. The molecule has 3 rings (SSSR count). The zero-order valence-corrected chi connectivity index (χ0v) is 17.3. The van der Waals surface area contributed by atoms with Crippen LogP contribution in [0.15, 0.2) is 53.9 Å². The van der Waals surface area contributed by atoms with Crippen LogP contribution in [0.1, 0.15) is 12.0 Å². The lowest BCUT2D eigenvalue weighted by Gasteiger charge is -2.06. The monoisotopic (exact) mass is 426 g/mol. The molecule has 0 unspecified atom stereocenters. The van der Waals surface area contributed by atoms with Crippen LogP contribution in [-0.2, 0) is 16.0 Å². The Balaban J connectivity index is 1.51. The Morgan fingerprint density at radius 2 is 1.97 bits per heavy atom. The van der Waals surface area contributed by atoms with Crippen molar-refractivity contribution < 1.29 is 14.5 Å². The smallest absolute Gasteiger partial charge is 0.292 e. The minimum atomic E-state index is -0.455. The molecule has 30 heavy (non-hydrogen) atoms. The number of hydrogen-bond donors (Lipinski definition) is 2. The van der Waals surface area contributed by atoms with Gasteiger partial charge in [0.05, 0.1) is 17.2 Å². The van der Waals surface area contributed by atoms with Crippen LogP contribution < -0.4 is 10.6 Å². The van der Waals surface area contributed by atoms with Crippen LogP contribution in [0.2, 0.25) is 0 Å². The van der Waals surface area contributed by atoms with E-state index >= 15 is 0 Å². The summed E-state index contributed by atoms with van der Waals surface area (Å²) in [6.07, 6.45) is 1.02. The first-order valence-electron chi connectivity index (χ1n) is 9.37. The molecule has 0 atom stereocenters. The number of carbonyl (C=O) groups is 1. The number of ether oxygens (including phenoxy) is 1. The van der Waals surface area contributed by atoms with Crippen molar-refractivity contribution in [1.29, 1.82) is 0 Å². The third kappa shape index (κ3) is 5.85. The number of nitrogens with zero attached hydrogens (tertiary/aromatic N) is 2. The topological polar surface area (TPSA) is 106 Å². The lowest BCUT2D eigenvalue weighted by atomic mass is 10.1. The summed E-state index contributed by atoms with van der Waals surface area (Å²) in [4.78, 5) is 27.2. The van der Waals surface area contributed by atoms with Gasteiger partial charge in [-0.2, -0.15) is 0 Å². The summed E-state index contributed by atoms with van der Waals surface area (Å²) in [5, 5.41) is 19.1. The number of para-hydroxylation sites is 2. The fraction of sp³-hybridized carbons (Fsp3) is 0.238. The highest BCUT2D eigenvalue weighted by molar-refractivity contribution is 7.14. The molecule has 0 aliphatic heterocycles. The second-order valence-corrected chi connectivity index (χ2v) is 7.33. The molecule has 0 saturated carbocycles. The van der Waals surface area contributed by atoms with Gasteiger partial charge in [-0.3, -0.25) is 14.9 Å². The molecule has 156 valence electrons. The molecule has 0 bridgehead atoms. The minimum Gasteiger partial charge on any atom is -0.384 e. The molecular formula is C21H22N4O4S. The summed E-state index contributed by atoms with van der Waals surface area (Å²) in [5.74, 6) is -0.211. The van der Waals surface area contributed by atoms with Gasteiger partial charge in [-0.05, 0) is 18.1 Å². The summed E-state index contributed by atoms with van der Waals surface area (Å²) >= 11 is 1.35. The molecule has 0 spiro atoms. The number of amides is 1. The number of aromatic nitrogens is 1. The predicted molar refractivity (Wildman–Crippen MR) is 118 cm³/mol. The largest absolute Gasteiger partial charge is 0.384 e. The van der Waals surface area contributed by atoms with Crippen molar-refractivity contribution in [3.8, 4) is 11.3 Å². The number of benzene rings is 2. The number of carbonyl (C=O) groups excluding carboxylic acids is 1. The van der Waals surface area contributed by atoms with Crippen LogP contribution in [-0.4, -0.2) is 36.1 Å². The Morgan fingerprint density at radius 1 is 1.20 bits per heavy atom. The van der Waals surface area contributed by atoms with E-state index < -0.39 is 4.92 Å². The average Bonchev–Trinajstić information content (AvgIpc) is 3.21. The summed E-state index contributed by atoms with van der Waals surface area (Å²) in [5.41, 5.74) is 3.34. The Kier molecular flexibility index (Phi) is 7.47. The second kappa shape index (κ2) is 10.5. The van der Waals surface area contributed by atoms with Gasteiger partial charge in [0.15, 0.2) is 5.13 Å². The second-order valence-electron chi connectivity index (χ2n) is 6.48. The molecule has 0 radical (unpaired) electrons. The Morgan fingerprint density at radius 3 is 2.70 bits per heavy atom. The van der Waals surface area contributed by atoms with Crippen LogP contribution in [0.25, 0.3) is 11.3 Å². The van der Waals surface area contributed by atoms with Crippen LogP contribution >= 0.6 is 11.3 Å². The minimum absolute atomic E-state index is 0.0179. The van der Waals surface area contributed by atoms with Gasteiger partial charge in [0.25, 0.3) is 5.69 Å². The molecule has 9 heteroatoms. The number of methoxy groups -OCH3 is 1. The SMILES string of the molecule is COCCc1ccc(-c2csc(NC(=O)CCNc3ccccc3[N+](=O)[O-])n2)cc1. The van der Waals surface area contributed by atoms with Gasteiger partial charge in [-0.15, -0.1) is 11.3 Å². The van der Waals surface area contributed by atoms with E-state index in [1.165, 1.54) is 23.0 Å². The molecule has 0 fully saturated rings. The zero-order chi connectivity index (χ0) is 21.3. The first-order chi connectivity index (χ1) is 14.6. The molecule has 2 aromatic carbocycles. The summed E-state index contributed by atoms with van der Waals surface area (Å²) in [7, 11) is 1.68. The molecule has 0 aliphatic rings. The molecule has 0 aliphatic carbocycles. The fourth-order valence-corrected chi connectivity index (χ4v) is 3.54. The van der Waals surface area contributed by atoms with Crippen molar-refractivity contribution in [3.05, 3.63) is 69.6 Å². The maximum Gasteiger partial charge on any atom is 0.292 e. The maximum absolute atomic E-state index is 12.2. The van der Waals surface area contributed by atoms with E-state index in [1.54, 1.807) is 25.3 Å². The van der Waals surface area contributed by atoms with Crippen molar-refractivity contribution in [3.63, 3.8) is 0 Å². The number of nitro benzene ring substituents is 1. The standard InChI is InChI=1S/C21H22N4O4S/c1-29-13-11-15-6-8-16(9-7-15)18-14-30-21(23-18)24-20(26)10-12-22-17-4-2-3-5-19(17)25(27)28/h2-9,14,22H,10-13H2,1H3,(H,23,24,26). The molecule has 1 heterocycles. The lowest BCUT2D eigenvalue weighted by molar-refractivity contribution is -0.384. The molecule has 1 amide bonds. The van der Waals surface area contributed by atoms with Crippen molar-refractivity contribution in [2.75, 3.05) is 30.9 Å². The highest BCUT2D eigenvalue weighted by Crippen LogP contribution is 2.26. The normalized spacial score (nSPS) is 10.6. The van der Waals surface area contributed by atoms with Gasteiger partial charge in [0.1, 0.15) is 5.69 Å². The number of anilines is 2. The third-order valence-corrected chi connectivity index (χ3v) is 5.12. The van der Waals surface area contributed by atoms with Crippen LogP contribution in [0, 0.1) is 10.1 Å². The van der Waals surface area contributed by atoms with E-state index in [9.17, 15) is 14.9 Å². The summed E-state index contributed by atoms with van der Waals surface area (Å²) < 4.78 is 5.09. The maximum atomic E-state index is 12.2. The molecule has 2 N–H and O–H groups in total. The quantitative estimate of drug-likeness (QED) is 0.369. The van der Waals surface area contributed by atoms with Crippen molar-refractivity contribution >= 4 is 33.8 Å². The van der Waals surface area contributed by atoms with Gasteiger partial charge in [0, 0.05) is 37.1 Å². The number of hydrogen-bond acceptors (Lipinski definition) is 7. The fourth-order valence-electron chi connectivity index (χ4n) is 2.80. The van der Waals surface area contributed by atoms with Gasteiger partial charge in [-0.25, -0.2) is 4.98 Å². The molecule has 8 nitrogen and oxygen atoms in total. The van der Waals surface area contributed by atoms with Crippen LogP contribution in [0.4, 0.5) is 16.5 Å². The van der Waals surface area contributed by atoms with E-state index in [0.717, 1.165) is 17.7 Å². The van der Waals surface area contributed by atoms with E-state index in [0.29, 0.717) is 17.4 Å². The summed E-state index contributed by atoms with van der Waals surface area (Å²) in [6.45, 7) is 0.955. The summed E-state index contributed by atoms with van der Waals surface area (Å²) in [6, 6.07) is 14.4. The van der Waals surface area contributed by atoms with Gasteiger partial charge in [0.2, 0.25) is 5.91 Å². The number of rotatable bonds is 10. The van der Waals surface area contributed by atoms with Crippen molar-refractivity contribution in [2.45, 2.75) is 12.8 Å². The van der Waals surface area contributed by atoms with Crippen LogP contribution in [0.5, 0.6) is 0 Å². The highest BCUT2D eigenvalue weighted by Gasteiger charge is 2.13. The lowest BCUT2D eigenvalue weighted by Crippen LogP contribution is -2.16. The van der Waals surface area contributed by atoms with Gasteiger partial charge >= 0.3 is 0 Å². The van der Waals surface area contributed by atoms with Gasteiger partial charge < -0.3 is 15.4 Å². The zero-order valence-electron chi connectivity index (χ0n) is 16.5.